The van der Waals surface area contributed by atoms with Crippen LogP contribution in [0, 0.1) is 5.41 Å². The van der Waals surface area contributed by atoms with E-state index in [1.165, 1.54) is 0 Å². The van der Waals surface area contributed by atoms with E-state index in [-0.39, 0.29) is 0 Å². The van der Waals surface area contributed by atoms with Gasteiger partial charge in [-0.3, -0.25) is 0 Å². The smallest absolute Gasteiger partial charge is 0.333 e. The van der Waals surface area contributed by atoms with E-state index in [2.05, 4.69) is 0 Å². The van der Waals surface area contributed by atoms with Crippen molar-refractivity contribution in [1.82, 2.24) is 0 Å². The van der Waals surface area contributed by atoms with Gasteiger partial charge in [0.2, 0.25) is 0 Å². The fourth-order valence-corrected chi connectivity index (χ4v) is 0.891. The second kappa shape index (κ2) is 8.88. The van der Waals surface area contributed by atoms with Gasteiger partial charge < -0.3 is 20.4 Å². The molecule has 6 nitrogen and oxygen atoms in total. The highest BCUT2D eigenvalue weighted by molar-refractivity contribution is 5.72. The number of unbranched alkanes of at least 4 members (excludes halogenated alkanes) is 1. The Bertz CT molecular complexity index is 256. The zero-order chi connectivity index (χ0) is 14.9. The van der Waals surface area contributed by atoms with Crippen molar-refractivity contribution in [3.8, 4) is 0 Å². The van der Waals surface area contributed by atoms with Crippen molar-refractivity contribution in [2.45, 2.75) is 59.2 Å². The van der Waals surface area contributed by atoms with Crippen LogP contribution in [0.1, 0.15) is 47.0 Å². The fourth-order valence-electron chi connectivity index (χ4n) is 0.891. The Morgan fingerprint density at radius 2 is 1.50 bits per heavy atom. The number of carbonyl (C=O) groups is 2. The number of aliphatic hydroxyl groups excluding tert-OH is 2. The first-order valence-corrected chi connectivity index (χ1v) is 5.85. The summed E-state index contributed by atoms with van der Waals surface area (Å²) in [5.74, 6) is -2.29. The summed E-state index contributed by atoms with van der Waals surface area (Å²) >= 11 is 0. The molecule has 0 fully saturated rings. The molecule has 0 aliphatic rings. The summed E-state index contributed by atoms with van der Waals surface area (Å²) in [5.41, 5.74) is -0.564. The Kier molecular flexibility index (Phi) is 9.47. The minimum atomic E-state index is -1.27. The van der Waals surface area contributed by atoms with Crippen LogP contribution in [0.15, 0.2) is 0 Å². The van der Waals surface area contributed by atoms with Crippen molar-refractivity contribution in [1.29, 1.82) is 0 Å². The van der Waals surface area contributed by atoms with E-state index in [4.69, 9.17) is 20.4 Å². The van der Waals surface area contributed by atoms with Gasteiger partial charge in [-0.05, 0) is 11.8 Å². The Balaban J connectivity index is 0. The van der Waals surface area contributed by atoms with Gasteiger partial charge in [-0.2, -0.15) is 0 Å². The first kappa shape index (κ1) is 19.2. The third-order valence-electron chi connectivity index (χ3n) is 2.17. The Morgan fingerprint density at radius 1 is 1.06 bits per heavy atom. The van der Waals surface area contributed by atoms with Gasteiger partial charge in [-0.15, -0.1) is 0 Å². The third kappa shape index (κ3) is 10.0. The van der Waals surface area contributed by atoms with E-state index in [0.29, 0.717) is 6.42 Å². The van der Waals surface area contributed by atoms with Crippen LogP contribution in [0.5, 0.6) is 0 Å². The van der Waals surface area contributed by atoms with E-state index in [9.17, 15) is 9.59 Å². The van der Waals surface area contributed by atoms with E-state index in [1.54, 1.807) is 20.8 Å². The largest absolute Gasteiger partial charge is 0.479 e. The molecule has 2 atom stereocenters. The summed E-state index contributed by atoms with van der Waals surface area (Å²) in [5, 5.41) is 33.9. The molecule has 0 aromatic heterocycles. The zero-order valence-electron chi connectivity index (χ0n) is 11.4. The highest BCUT2D eigenvalue weighted by Gasteiger charge is 2.28. The number of carboxylic acids is 2. The van der Waals surface area contributed by atoms with E-state index >= 15 is 0 Å². The average molecular weight is 264 g/mol. The number of rotatable bonds is 5. The van der Waals surface area contributed by atoms with Crippen LogP contribution < -0.4 is 0 Å². The Hall–Kier alpha value is -1.14. The number of aliphatic carboxylic acids is 2. The van der Waals surface area contributed by atoms with Crippen LogP contribution in [-0.2, 0) is 9.59 Å². The Labute approximate surface area is 107 Å². The lowest BCUT2D eigenvalue weighted by Gasteiger charge is -2.21. The second-order valence-electron chi connectivity index (χ2n) is 5.10. The van der Waals surface area contributed by atoms with Crippen molar-refractivity contribution >= 4 is 11.9 Å². The van der Waals surface area contributed by atoms with Crippen LogP contribution in [0.2, 0.25) is 0 Å². The SMILES string of the molecule is CC(C)(C)C(O)C(=O)O.CCCCC(O)C(=O)O. The molecule has 18 heavy (non-hydrogen) atoms. The molecule has 0 spiro atoms. The maximum Gasteiger partial charge on any atom is 0.333 e. The maximum absolute atomic E-state index is 10.1. The fraction of sp³-hybridized carbons (Fsp3) is 0.833. The number of hydrogen-bond donors (Lipinski definition) is 4. The molecule has 0 heterocycles. The van der Waals surface area contributed by atoms with E-state index in [0.717, 1.165) is 12.8 Å². The summed E-state index contributed by atoms with van der Waals surface area (Å²) in [6, 6.07) is 0. The van der Waals surface area contributed by atoms with Gasteiger partial charge in [0.05, 0.1) is 0 Å². The molecular weight excluding hydrogens is 240 g/mol. The van der Waals surface area contributed by atoms with Crippen molar-refractivity contribution < 1.29 is 30.0 Å². The topological polar surface area (TPSA) is 115 Å². The molecule has 0 aliphatic carbocycles. The number of carboxylic acid groups (broad SMARTS) is 2. The van der Waals surface area contributed by atoms with Gasteiger partial charge in [-0.25, -0.2) is 9.59 Å². The van der Waals surface area contributed by atoms with Gasteiger partial charge in [0.1, 0.15) is 0 Å². The van der Waals surface area contributed by atoms with Crippen LogP contribution in [-0.4, -0.2) is 44.6 Å². The predicted molar refractivity (Wildman–Crippen MR) is 66.3 cm³/mol. The maximum atomic E-state index is 10.1. The van der Waals surface area contributed by atoms with Gasteiger partial charge in [0.15, 0.2) is 12.2 Å². The molecular formula is C12H24O6. The molecule has 0 aromatic carbocycles. The molecule has 0 amide bonds. The highest BCUT2D eigenvalue weighted by Crippen LogP contribution is 2.18. The highest BCUT2D eigenvalue weighted by atomic mass is 16.4. The molecule has 0 saturated carbocycles. The van der Waals surface area contributed by atoms with Crippen LogP contribution in [0.25, 0.3) is 0 Å². The summed E-state index contributed by atoms with van der Waals surface area (Å²) in [6.45, 7) is 6.97. The van der Waals surface area contributed by atoms with Crippen LogP contribution in [0.4, 0.5) is 0 Å². The molecule has 0 saturated heterocycles. The van der Waals surface area contributed by atoms with Gasteiger partial charge in [0, 0.05) is 0 Å². The first-order chi connectivity index (χ1) is 8.03. The molecule has 0 radical (unpaired) electrons. The molecule has 6 heteroatoms. The number of hydrogen-bond acceptors (Lipinski definition) is 4. The van der Waals surface area contributed by atoms with Crippen molar-refractivity contribution in [2.75, 3.05) is 0 Å². The van der Waals surface area contributed by atoms with Crippen molar-refractivity contribution in [3.63, 3.8) is 0 Å². The summed E-state index contributed by atoms with van der Waals surface area (Å²) in [6.07, 6.45) is -0.369. The van der Waals surface area contributed by atoms with Crippen molar-refractivity contribution in [3.05, 3.63) is 0 Å². The molecule has 108 valence electrons. The molecule has 2 unspecified atom stereocenters. The van der Waals surface area contributed by atoms with Gasteiger partial charge in [-0.1, -0.05) is 40.5 Å². The normalized spacial score (nSPS) is 14.1. The molecule has 0 bridgehead atoms. The number of aliphatic hydroxyl groups is 2. The second-order valence-corrected chi connectivity index (χ2v) is 5.10. The van der Waals surface area contributed by atoms with Gasteiger partial charge in [0.25, 0.3) is 0 Å². The molecule has 0 aliphatic heterocycles. The monoisotopic (exact) mass is 264 g/mol. The summed E-state index contributed by atoms with van der Waals surface area (Å²) in [4.78, 5) is 20.1. The molecule has 0 aromatic rings. The minimum absolute atomic E-state index is 0.367. The summed E-state index contributed by atoms with van der Waals surface area (Å²) < 4.78 is 0. The van der Waals surface area contributed by atoms with E-state index in [1.807, 2.05) is 6.92 Å². The first-order valence-electron chi connectivity index (χ1n) is 5.85. The van der Waals surface area contributed by atoms with Crippen LogP contribution in [0.3, 0.4) is 0 Å². The predicted octanol–water partition coefficient (Wildman–Crippen LogP) is 1.10. The lowest BCUT2D eigenvalue weighted by atomic mass is 9.89. The molecule has 0 rings (SSSR count). The lowest BCUT2D eigenvalue weighted by Crippen LogP contribution is -2.33. The zero-order valence-corrected chi connectivity index (χ0v) is 11.4. The summed E-state index contributed by atoms with van der Waals surface area (Å²) in [7, 11) is 0. The van der Waals surface area contributed by atoms with Crippen LogP contribution >= 0.6 is 0 Å². The quantitative estimate of drug-likeness (QED) is 0.591. The third-order valence-corrected chi connectivity index (χ3v) is 2.17. The van der Waals surface area contributed by atoms with Crippen molar-refractivity contribution in [2.24, 2.45) is 5.41 Å². The Morgan fingerprint density at radius 3 is 1.67 bits per heavy atom. The minimum Gasteiger partial charge on any atom is -0.479 e. The molecule has 4 N–H and O–H groups in total. The lowest BCUT2D eigenvalue weighted by molar-refractivity contribution is -0.152. The average Bonchev–Trinajstić information content (AvgIpc) is 2.23. The van der Waals surface area contributed by atoms with Gasteiger partial charge >= 0.3 is 11.9 Å². The standard InChI is InChI=1S/2C6H12O3/c1-6(2,3)4(7)5(8)9;1-2-3-4-5(7)6(8)9/h4,7H,1-3H3,(H,8,9);5,7H,2-4H2,1H3,(H,8,9). The van der Waals surface area contributed by atoms with E-state index < -0.39 is 29.6 Å².